The van der Waals surface area contributed by atoms with Gasteiger partial charge in [-0.1, -0.05) is 5.16 Å². The summed E-state index contributed by atoms with van der Waals surface area (Å²) in [4.78, 5) is 21.6. The summed E-state index contributed by atoms with van der Waals surface area (Å²) < 4.78 is 12.0. The number of ether oxygens (including phenoxy) is 1. The van der Waals surface area contributed by atoms with Crippen LogP contribution in [-0.4, -0.2) is 39.1 Å². The molecule has 8 nitrogen and oxygen atoms in total. The maximum Gasteiger partial charge on any atom is 0.248 e. The highest BCUT2D eigenvalue weighted by Crippen LogP contribution is 2.13. The van der Waals surface area contributed by atoms with E-state index in [9.17, 15) is 4.79 Å². The van der Waals surface area contributed by atoms with Crippen molar-refractivity contribution in [3.8, 4) is 0 Å². The molecular weight excluding hydrogens is 318 g/mol. The van der Waals surface area contributed by atoms with E-state index >= 15 is 0 Å². The van der Waals surface area contributed by atoms with Crippen LogP contribution in [0.25, 0.3) is 4.96 Å². The number of amides is 1. The molecule has 0 saturated carbocycles. The molecule has 0 saturated heterocycles. The Morgan fingerprint density at radius 3 is 3.17 bits per heavy atom. The van der Waals surface area contributed by atoms with Gasteiger partial charge in [0.1, 0.15) is 6.04 Å². The van der Waals surface area contributed by atoms with Crippen molar-refractivity contribution < 1.29 is 14.1 Å². The Bertz CT molecular complexity index is 765. The zero-order valence-corrected chi connectivity index (χ0v) is 13.7. The minimum Gasteiger partial charge on any atom is -0.384 e. The minimum atomic E-state index is -0.352. The molecule has 3 heterocycles. The summed E-state index contributed by atoms with van der Waals surface area (Å²) in [6, 6.07) is -0.352. The summed E-state index contributed by atoms with van der Waals surface area (Å²) in [5.41, 5.74) is 0.730. The van der Waals surface area contributed by atoms with Crippen LogP contribution in [0.1, 0.15) is 30.4 Å². The molecule has 0 radical (unpaired) electrons. The largest absolute Gasteiger partial charge is 0.384 e. The number of methoxy groups -OCH3 is 1. The lowest BCUT2D eigenvalue weighted by Crippen LogP contribution is -2.28. The van der Waals surface area contributed by atoms with E-state index < -0.39 is 0 Å². The van der Waals surface area contributed by atoms with Crippen molar-refractivity contribution in [3.63, 3.8) is 0 Å². The molecule has 9 heteroatoms. The number of aromatic nitrogens is 4. The molecule has 0 bridgehead atoms. The Labute approximate surface area is 136 Å². The van der Waals surface area contributed by atoms with Crippen molar-refractivity contribution in [1.29, 1.82) is 0 Å². The second kappa shape index (κ2) is 6.88. The summed E-state index contributed by atoms with van der Waals surface area (Å²) in [5, 5.41) is 8.64. The molecule has 0 unspecified atom stereocenters. The first-order valence-corrected chi connectivity index (χ1v) is 8.05. The normalized spacial score (nSPS) is 12.6. The molecule has 0 aliphatic rings. The third-order valence-electron chi connectivity index (χ3n) is 3.25. The summed E-state index contributed by atoms with van der Waals surface area (Å²) >= 11 is 1.53. The van der Waals surface area contributed by atoms with Gasteiger partial charge in [0.15, 0.2) is 10.8 Å². The van der Waals surface area contributed by atoms with E-state index in [4.69, 9.17) is 9.26 Å². The molecule has 1 N–H and O–H groups in total. The molecule has 0 aliphatic heterocycles. The number of rotatable bonds is 7. The van der Waals surface area contributed by atoms with E-state index in [1.165, 1.54) is 11.3 Å². The lowest BCUT2D eigenvalue weighted by Gasteiger charge is -2.08. The molecule has 122 valence electrons. The van der Waals surface area contributed by atoms with Gasteiger partial charge in [0.05, 0.1) is 18.7 Å². The number of fused-ring (bicyclic) bond motifs is 1. The topological polar surface area (TPSA) is 94.6 Å². The van der Waals surface area contributed by atoms with E-state index in [1.807, 2.05) is 22.2 Å². The third-order valence-corrected chi connectivity index (χ3v) is 4.02. The van der Waals surface area contributed by atoms with Crippen molar-refractivity contribution in [2.45, 2.75) is 25.8 Å². The third kappa shape index (κ3) is 3.74. The van der Waals surface area contributed by atoms with Gasteiger partial charge in [-0.2, -0.15) is 4.98 Å². The van der Waals surface area contributed by atoms with Gasteiger partial charge in [-0.3, -0.25) is 9.20 Å². The maximum atomic E-state index is 12.1. The van der Waals surface area contributed by atoms with Crippen LogP contribution in [-0.2, 0) is 22.4 Å². The van der Waals surface area contributed by atoms with Gasteiger partial charge in [0.25, 0.3) is 0 Å². The van der Waals surface area contributed by atoms with Crippen LogP contribution in [0, 0.1) is 0 Å². The monoisotopic (exact) mass is 335 g/mol. The van der Waals surface area contributed by atoms with Crippen molar-refractivity contribution in [2.75, 3.05) is 13.7 Å². The van der Waals surface area contributed by atoms with E-state index in [-0.39, 0.29) is 18.4 Å². The zero-order valence-electron chi connectivity index (χ0n) is 12.9. The Morgan fingerprint density at radius 2 is 2.39 bits per heavy atom. The first-order chi connectivity index (χ1) is 11.2. The first kappa shape index (κ1) is 15.6. The second-order valence-electron chi connectivity index (χ2n) is 5.08. The number of thiazole rings is 1. The van der Waals surface area contributed by atoms with Crippen molar-refractivity contribution in [3.05, 3.63) is 35.2 Å². The molecule has 3 aromatic heterocycles. The van der Waals surface area contributed by atoms with Gasteiger partial charge in [-0.15, -0.1) is 11.3 Å². The fourth-order valence-electron chi connectivity index (χ4n) is 2.12. The van der Waals surface area contributed by atoms with Crippen LogP contribution in [0.2, 0.25) is 0 Å². The molecule has 0 spiro atoms. The number of carbonyl (C=O) groups is 1. The van der Waals surface area contributed by atoms with Gasteiger partial charge in [0.2, 0.25) is 11.8 Å². The highest BCUT2D eigenvalue weighted by Gasteiger charge is 2.17. The summed E-state index contributed by atoms with van der Waals surface area (Å²) in [6.45, 7) is 2.33. The summed E-state index contributed by atoms with van der Waals surface area (Å²) in [5.74, 6) is 0.812. The number of imidazole rings is 1. The molecule has 23 heavy (non-hydrogen) atoms. The molecule has 0 aromatic carbocycles. The van der Waals surface area contributed by atoms with E-state index in [2.05, 4.69) is 20.4 Å². The molecule has 1 amide bonds. The minimum absolute atomic E-state index is 0.139. The molecule has 1 atom stereocenters. The van der Waals surface area contributed by atoms with Gasteiger partial charge in [-0.25, -0.2) is 4.98 Å². The van der Waals surface area contributed by atoms with Crippen LogP contribution >= 0.6 is 11.3 Å². The highest BCUT2D eigenvalue weighted by atomic mass is 32.1. The van der Waals surface area contributed by atoms with E-state index in [0.29, 0.717) is 24.7 Å². The van der Waals surface area contributed by atoms with E-state index in [1.54, 1.807) is 14.0 Å². The molecule has 0 fully saturated rings. The number of hydrogen-bond acceptors (Lipinski definition) is 7. The number of nitrogens with one attached hydrogen (secondary N) is 1. The predicted octanol–water partition coefficient (Wildman–Crippen LogP) is 1.39. The average molecular weight is 335 g/mol. The maximum absolute atomic E-state index is 12.1. The Morgan fingerprint density at radius 1 is 1.52 bits per heavy atom. The smallest absolute Gasteiger partial charge is 0.248 e. The van der Waals surface area contributed by atoms with Crippen LogP contribution in [0.15, 0.2) is 22.3 Å². The van der Waals surface area contributed by atoms with Crippen LogP contribution < -0.4 is 5.32 Å². The number of carbonyl (C=O) groups excluding carboxylic acids is 1. The molecular formula is C14H17N5O3S. The number of nitrogens with zero attached hydrogens (tertiary/aromatic N) is 4. The SMILES string of the molecule is COCCc1noc([C@H](C)NC(=O)Cc2cn3ccsc3n2)n1. The molecule has 3 rings (SSSR count). The van der Waals surface area contributed by atoms with Crippen molar-refractivity contribution in [2.24, 2.45) is 0 Å². The van der Waals surface area contributed by atoms with Crippen molar-refractivity contribution in [1.82, 2.24) is 24.8 Å². The predicted molar refractivity (Wildman–Crippen MR) is 83.2 cm³/mol. The lowest BCUT2D eigenvalue weighted by atomic mass is 10.2. The van der Waals surface area contributed by atoms with E-state index in [0.717, 1.165) is 10.7 Å². The van der Waals surface area contributed by atoms with Crippen LogP contribution in [0.5, 0.6) is 0 Å². The van der Waals surface area contributed by atoms with Crippen molar-refractivity contribution >= 4 is 22.2 Å². The second-order valence-corrected chi connectivity index (χ2v) is 5.96. The van der Waals surface area contributed by atoms with Crippen LogP contribution in [0.4, 0.5) is 0 Å². The van der Waals surface area contributed by atoms with Gasteiger partial charge >= 0.3 is 0 Å². The first-order valence-electron chi connectivity index (χ1n) is 7.17. The Balaban J connectivity index is 1.56. The molecule has 0 aliphatic carbocycles. The zero-order chi connectivity index (χ0) is 16.2. The highest BCUT2D eigenvalue weighted by molar-refractivity contribution is 7.15. The fourth-order valence-corrected chi connectivity index (χ4v) is 2.84. The lowest BCUT2D eigenvalue weighted by molar-refractivity contribution is -0.121. The molecule has 3 aromatic rings. The van der Waals surface area contributed by atoms with Gasteiger partial charge in [0, 0.05) is 31.3 Å². The van der Waals surface area contributed by atoms with Gasteiger partial charge < -0.3 is 14.6 Å². The fraction of sp³-hybridized carbons (Fsp3) is 0.429. The average Bonchev–Trinajstić information content (AvgIpc) is 3.19. The number of hydrogen-bond donors (Lipinski definition) is 1. The van der Waals surface area contributed by atoms with Gasteiger partial charge in [-0.05, 0) is 6.92 Å². The summed E-state index contributed by atoms with van der Waals surface area (Å²) in [7, 11) is 1.61. The van der Waals surface area contributed by atoms with Crippen LogP contribution in [0.3, 0.4) is 0 Å². The Hall–Kier alpha value is -2.26. The standard InChI is InChI=1S/C14H17N5O3S/c1-9(13-17-11(18-22-13)3-5-21-2)15-12(20)7-10-8-19-4-6-23-14(19)16-10/h4,6,8-9H,3,5,7H2,1-2H3,(H,15,20)/t9-/m0/s1. The quantitative estimate of drug-likeness (QED) is 0.701. The Kier molecular flexibility index (Phi) is 4.68. The summed E-state index contributed by atoms with van der Waals surface area (Å²) in [6.07, 6.45) is 4.55.